The summed E-state index contributed by atoms with van der Waals surface area (Å²) in [7, 11) is 0. The second-order valence-electron chi connectivity index (χ2n) is 4.71. The van der Waals surface area contributed by atoms with Gasteiger partial charge in [-0.1, -0.05) is 0 Å². The minimum Gasteiger partial charge on any atom is -0.370 e. The molecule has 2 N–H and O–H groups in total. The van der Waals surface area contributed by atoms with Gasteiger partial charge in [0.15, 0.2) is 0 Å². The first kappa shape index (κ1) is 11.4. The Balaban J connectivity index is 2.05. The van der Waals surface area contributed by atoms with Crippen LogP contribution in [0.2, 0.25) is 0 Å². The van der Waals surface area contributed by atoms with Crippen molar-refractivity contribution in [3.63, 3.8) is 0 Å². The van der Waals surface area contributed by atoms with Crippen LogP contribution in [0.5, 0.6) is 0 Å². The highest BCUT2D eigenvalue weighted by atomic mass is 15.1. The number of nitrogens with zero attached hydrogens (tertiary/aromatic N) is 2. The van der Waals surface area contributed by atoms with Crippen molar-refractivity contribution in [1.29, 1.82) is 0 Å². The number of nitrogens with two attached hydrogens (primary N) is 1. The standard InChI is InChI=1S/C13H21N3/c1-3-16(9-11-4-5-11)12-6-7-13(10(2)14)15-8-12/h6-8,10-11H,3-5,9,14H2,1-2H3/t10-/m0/s1. The number of anilines is 1. The Morgan fingerprint density at radius 3 is 2.69 bits per heavy atom. The number of pyridine rings is 1. The average Bonchev–Trinajstić information content (AvgIpc) is 3.10. The van der Waals surface area contributed by atoms with Crippen molar-refractivity contribution in [2.45, 2.75) is 32.7 Å². The number of hydrogen-bond donors (Lipinski definition) is 1. The van der Waals surface area contributed by atoms with Crippen LogP contribution in [0.4, 0.5) is 5.69 Å². The molecule has 0 unspecified atom stereocenters. The molecule has 0 amide bonds. The summed E-state index contributed by atoms with van der Waals surface area (Å²) < 4.78 is 0. The van der Waals surface area contributed by atoms with Gasteiger partial charge in [-0.25, -0.2) is 0 Å². The maximum atomic E-state index is 5.79. The molecule has 0 saturated heterocycles. The van der Waals surface area contributed by atoms with E-state index in [1.807, 2.05) is 19.2 Å². The molecule has 16 heavy (non-hydrogen) atoms. The number of aromatic nitrogens is 1. The first-order valence-corrected chi connectivity index (χ1v) is 6.17. The van der Waals surface area contributed by atoms with Crippen LogP contribution in [0.15, 0.2) is 18.3 Å². The molecule has 1 saturated carbocycles. The first-order valence-electron chi connectivity index (χ1n) is 6.17. The first-order chi connectivity index (χ1) is 7.70. The molecule has 1 fully saturated rings. The molecule has 3 nitrogen and oxygen atoms in total. The lowest BCUT2D eigenvalue weighted by Gasteiger charge is -2.22. The molecule has 1 aromatic rings. The summed E-state index contributed by atoms with van der Waals surface area (Å²) in [5, 5.41) is 0. The zero-order valence-corrected chi connectivity index (χ0v) is 10.2. The van der Waals surface area contributed by atoms with Gasteiger partial charge in [0.25, 0.3) is 0 Å². The van der Waals surface area contributed by atoms with Crippen molar-refractivity contribution in [3.8, 4) is 0 Å². The second kappa shape index (κ2) is 4.83. The molecule has 0 aliphatic heterocycles. The molecule has 1 aromatic heterocycles. The van der Waals surface area contributed by atoms with Crippen LogP contribution in [0.3, 0.4) is 0 Å². The number of hydrogen-bond acceptors (Lipinski definition) is 3. The van der Waals surface area contributed by atoms with Crippen LogP contribution >= 0.6 is 0 Å². The van der Waals surface area contributed by atoms with Gasteiger partial charge in [0.2, 0.25) is 0 Å². The van der Waals surface area contributed by atoms with Gasteiger partial charge in [0.05, 0.1) is 17.6 Å². The van der Waals surface area contributed by atoms with Crippen molar-refractivity contribution in [3.05, 3.63) is 24.0 Å². The molecule has 88 valence electrons. The van der Waals surface area contributed by atoms with Crippen LogP contribution in [0.1, 0.15) is 38.4 Å². The van der Waals surface area contributed by atoms with Crippen LogP contribution < -0.4 is 10.6 Å². The Hall–Kier alpha value is -1.09. The lowest BCUT2D eigenvalue weighted by Crippen LogP contribution is -2.25. The summed E-state index contributed by atoms with van der Waals surface area (Å²) in [6, 6.07) is 4.19. The van der Waals surface area contributed by atoms with E-state index in [1.165, 1.54) is 25.1 Å². The zero-order chi connectivity index (χ0) is 11.5. The lowest BCUT2D eigenvalue weighted by molar-refractivity contribution is 0.735. The predicted molar refractivity (Wildman–Crippen MR) is 67.5 cm³/mol. The minimum atomic E-state index is 0.0209. The summed E-state index contributed by atoms with van der Waals surface area (Å²) in [5.41, 5.74) is 7.97. The van der Waals surface area contributed by atoms with Gasteiger partial charge < -0.3 is 10.6 Å². The van der Waals surface area contributed by atoms with Crippen molar-refractivity contribution >= 4 is 5.69 Å². The van der Waals surface area contributed by atoms with E-state index in [9.17, 15) is 0 Å². The molecule has 1 atom stereocenters. The third-order valence-corrected chi connectivity index (χ3v) is 3.16. The predicted octanol–water partition coefficient (Wildman–Crippen LogP) is 2.34. The van der Waals surface area contributed by atoms with E-state index in [0.29, 0.717) is 0 Å². The molecule has 1 heterocycles. The van der Waals surface area contributed by atoms with E-state index < -0.39 is 0 Å². The molecule has 1 aliphatic carbocycles. The fraction of sp³-hybridized carbons (Fsp3) is 0.615. The Morgan fingerprint density at radius 2 is 2.25 bits per heavy atom. The summed E-state index contributed by atoms with van der Waals surface area (Å²) in [6.45, 7) is 6.39. The molecular formula is C13H21N3. The third-order valence-electron chi connectivity index (χ3n) is 3.16. The van der Waals surface area contributed by atoms with Crippen molar-refractivity contribution in [2.24, 2.45) is 11.7 Å². The quantitative estimate of drug-likeness (QED) is 0.826. The molecule has 0 radical (unpaired) electrons. The van der Waals surface area contributed by atoms with Crippen molar-refractivity contribution in [2.75, 3.05) is 18.0 Å². The molecule has 0 spiro atoms. The molecule has 2 rings (SSSR count). The Kier molecular flexibility index (Phi) is 3.44. The smallest absolute Gasteiger partial charge is 0.0569 e. The van der Waals surface area contributed by atoms with Crippen molar-refractivity contribution < 1.29 is 0 Å². The Labute approximate surface area is 97.7 Å². The summed E-state index contributed by atoms with van der Waals surface area (Å²) in [4.78, 5) is 6.81. The van der Waals surface area contributed by atoms with E-state index in [1.54, 1.807) is 0 Å². The molecule has 0 bridgehead atoms. The summed E-state index contributed by atoms with van der Waals surface area (Å²) in [6.07, 6.45) is 4.73. The van der Waals surface area contributed by atoms with Gasteiger partial charge in [-0.2, -0.15) is 0 Å². The second-order valence-corrected chi connectivity index (χ2v) is 4.71. The minimum absolute atomic E-state index is 0.0209. The number of rotatable bonds is 5. The highest BCUT2D eigenvalue weighted by molar-refractivity contribution is 5.44. The largest absolute Gasteiger partial charge is 0.370 e. The third kappa shape index (κ3) is 2.73. The average molecular weight is 219 g/mol. The molecular weight excluding hydrogens is 198 g/mol. The van der Waals surface area contributed by atoms with E-state index in [4.69, 9.17) is 5.73 Å². The lowest BCUT2D eigenvalue weighted by atomic mass is 10.2. The van der Waals surface area contributed by atoms with E-state index >= 15 is 0 Å². The SMILES string of the molecule is CCN(CC1CC1)c1ccc([C@H](C)N)nc1. The maximum absolute atomic E-state index is 5.79. The van der Waals surface area contributed by atoms with E-state index in [0.717, 1.165) is 18.2 Å². The van der Waals surface area contributed by atoms with E-state index in [-0.39, 0.29) is 6.04 Å². The van der Waals surface area contributed by atoms with Gasteiger partial charge in [-0.05, 0) is 44.7 Å². The Bertz CT molecular complexity index is 328. The summed E-state index contributed by atoms with van der Waals surface area (Å²) >= 11 is 0. The van der Waals surface area contributed by atoms with Crippen LogP contribution in [-0.4, -0.2) is 18.1 Å². The molecule has 0 aromatic carbocycles. The molecule has 3 heteroatoms. The van der Waals surface area contributed by atoms with Gasteiger partial charge >= 0.3 is 0 Å². The van der Waals surface area contributed by atoms with Gasteiger partial charge in [-0.3, -0.25) is 4.98 Å². The highest BCUT2D eigenvalue weighted by Gasteiger charge is 2.23. The van der Waals surface area contributed by atoms with Crippen LogP contribution in [-0.2, 0) is 0 Å². The van der Waals surface area contributed by atoms with Gasteiger partial charge in [0.1, 0.15) is 0 Å². The topological polar surface area (TPSA) is 42.1 Å². The van der Waals surface area contributed by atoms with Crippen LogP contribution in [0, 0.1) is 5.92 Å². The fourth-order valence-corrected chi connectivity index (χ4v) is 1.88. The normalized spacial score (nSPS) is 17.2. The summed E-state index contributed by atoms with van der Waals surface area (Å²) in [5.74, 6) is 0.910. The van der Waals surface area contributed by atoms with E-state index in [2.05, 4.69) is 22.9 Å². The Morgan fingerprint density at radius 1 is 1.50 bits per heavy atom. The maximum Gasteiger partial charge on any atom is 0.0569 e. The zero-order valence-electron chi connectivity index (χ0n) is 10.2. The monoisotopic (exact) mass is 219 g/mol. The highest BCUT2D eigenvalue weighted by Crippen LogP contribution is 2.31. The fourth-order valence-electron chi connectivity index (χ4n) is 1.88. The van der Waals surface area contributed by atoms with Gasteiger partial charge in [-0.15, -0.1) is 0 Å². The van der Waals surface area contributed by atoms with Crippen molar-refractivity contribution in [1.82, 2.24) is 4.98 Å². The van der Waals surface area contributed by atoms with Crippen LogP contribution in [0.25, 0.3) is 0 Å². The van der Waals surface area contributed by atoms with Gasteiger partial charge in [0, 0.05) is 19.1 Å². The molecule has 1 aliphatic rings.